The molecule has 0 atom stereocenters. The van der Waals surface area contributed by atoms with Gasteiger partial charge in [-0.2, -0.15) is 0 Å². The summed E-state index contributed by atoms with van der Waals surface area (Å²) < 4.78 is 10.7. The number of guanidine groups is 1. The number of rotatable bonds is 5. The monoisotopic (exact) mass is 329 g/mol. The first kappa shape index (κ1) is 15.6. The van der Waals surface area contributed by atoms with Crippen LogP contribution < -0.4 is 20.1 Å². The van der Waals surface area contributed by atoms with Gasteiger partial charge in [0.25, 0.3) is 0 Å². The average molecular weight is 329 g/mol. The molecule has 2 N–H and O–H groups in total. The summed E-state index contributed by atoms with van der Waals surface area (Å²) in [4.78, 5) is 6.52. The maximum Gasteiger partial charge on any atom is 0.195 e. The summed E-state index contributed by atoms with van der Waals surface area (Å²) in [6, 6.07) is 14.0. The van der Waals surface area contributed by atoms with Crippen LogP contribution in [0.3, 0.4) is 0 Å². The molecule has 2 aromatic carbocycles. The van der Waals surface area contributed by atoms with Crippen molar-refractivity contribution in [1.82, 2.24) is 5.32 Å². The average Bonchev–Trinajstić information content (AvgIpc) is 3.10. The van der Waals surface area contributed by atoms with Crippen molar-refractivity contribution < 1.29 is 9.47 Å². The van der Waals surface area contributed by atoms with Crippen LogP contribution in [0.1, 0.15) is 0 Å². The third-order valence-electron chi connectivity index (χ3n) is 3.39. The van der Waals surface area contributed by atoms with E-state index in [4.69, 9.17) is 9.47 Å². The third kappa shape index (κ3) is 3.90. The molecule has 0 amide bonds. The molecule has 23 heavy (non-hydrogen) atoms. The lowest BCUT2D eigenvalue weighted by molar-refractivity contribution is 0.405. The third-order valence-corrected chi connectivity index (χ3v) is 4.45. The normalized spacial score (nSPS) is 13.2. The molecule has 1 heterocycles. The number of nitrogens with one attached hydrogen (secondary N) is 2. The molecule has 0 unspecified atom stereocenters. The van der Waals surface area contributed by atoms with E-state index in [1.165, 1.54) is 0 Å². The quantitative estimate of drug-likeness (QED) is 0.882. The minimum atomic E-state index is 0.808. The van der Waals surface area contributed by atoms with Crippen LogP contribution in [0.25, 0.3) is 0 Å². The summed E-state index contributed by atoms with van der Waals surface area (Å²) in [5.41, 5.74) is 0.953. The lowest BCUT2D eigenvalue weighted by atomic mass is 10.3. The number of methoxy groups -OCH3 is 2. The number of nitrogens with zero attached hydrogens (tertiary/aromatic N) is 1. The number of hydrogen-bond acceptors (Lipinski definition) is 6. The van der Waals surface area contributed by atoms with E-state index < -0.39 is 0 Å². The Bertz CT molecular complexity index is 701. The van der Waals surface area contributed by atoms with Crippen LogP contribution >= 0.6 is 11.8 Å². The van der Waals surface area contributed by atoms with Gasteiger partial charge < -0.3 is 20.1 Å². The second-order valence-corrected chi connectivity index (χ2v) is 6.04. The maximum atomic E-state index is 5.52. The van der Waals surface area contributed by atoms with Gasteiger partial charge in [-0.1, -0.05) is 11.8 Å². The summed E-state index contributed by atoms with van der Waals surface area (Å²) in [6.07, 6.45) is 0. The van der Waals surface area contributed by atoms with Crippen LogP contribution in [-0.2, 0) is 0 Å². The van der Waals surface area contributed by atoms with Crippen molar-refractivity contribution in [2.75, 3.05) is 32.6 Å². The highest BCUT2D eigenvalue weighted by Gasteiger charge is 2.09. The molecular formula is C17H19N3O2S. The van der Waals surface area contributed by atoms with Crippen molar-refractivity contribution in [3.05, 3.63) is 42.5 Å². The Kier molecular flexibility index (Phi) is 4.92. The van der Waals surface area contributed by atoms with Crippen molar-refractivity contribution in [2.24, 2.45) is 4.99 Å². The van der Waals surface area contributed by atoms with Crippen LogP contribution in [-0.4, -0.2) is 33.3 Å². The Morgan fingerprint density at radius 3 is 2.57 bits per heavy atom. The zero-order chi connectivity index (χ0) is 16.1. The SMILES string of the molecule is COc1ccc(Sc2ccc(NC3=NCCN3)cc2OC)cc1. The molecule has 6 heteroatoms. The van der Waals surface area contributed by atoms with Crippen LogP contribution in [0, 0.1) is 0 Å². The molecule has 1 aliphatic rings. The summed E-state index contributed by atoms with van der Waals surface area (Å²) in [6.45, 7) is 1.69. The Morgan fingerprint density at radius 2 is 1.91 bits per heavy atom. The van der Waals surface area contributed by atoms with Crippen LogP contribution in [0.5, 0.6) is 11.5 Å². The topological polar surface area (TPSA) is 54.9 Å². The predicted molar refractivity (Wildman–Crippen MR) is 94.0 cm³/mol. The largest absolute Gasteiger partial charge is 0.497 e. The molecule has 0 bridgehead atoms. The fourth-order valence-corrected chi connectivity index (χ4v) is 3.12. The van der Waals surface area contributed by atoms with Crippen LogP contribution in [0.4, 0.5) is 5.69 Å². The van der Waals surface area contributed by atoms with Gasteiger partial charge >= 0.3 is 0 Å². The smallest absolute Gasteiger partial charge is 0.195 e. The first-order valence-corrected chi connectivity index (χ1v) is 8.15. The summed E-state index contributed by atoms with van der Waals surface area (Å²) in [5.74, 6) is 2.49. The van der Waals surface area contributed by atoms with Gasteiger partial charge in [0.15, 0.2) is 5.96 Å². The Labute approximate surface area is 140 Å². The number of anilines is 1. The molecule has 2 aromatic rings. The molecule has 1 aliphatic heterocycles. The Balaban J connectivity index is 1.75. The highest BCUT2D eigenvalue weighted by molar-refractivity contribution is 7.99. The van der Waals surface area contributed by atoms with Gasteiger partial charge in [0.1, 0.15) is 11.5 Å². The van der Waals surface area contributed by atoms with Crippen molar-refractivity contribution in [2.45, 2.75) is 9.79 Å². The van der Waals surface area contributed by atoms with E-state index in [0.717, 1.165) is 46.0 Å². The lowest BCUT2D eigenvalue weighted by Crippen LogP contribution is -2.26. The first-order chi connectivity index (χ1) is 11.3. The second-order valence-electron chi connectivity index (χ2n) is 4.93. The highest BCUT2D eigenvalue weighted by atomic mass is 32.2. The summed E-state index contributed by atoms with van der Waals surface area (Å²) in [7, 11) is 3.35. The standard InChI is InChI=1S/C17H19N3O2S/c1-21-13-4-6-14(7-5-13)23-16-8-3-12(11-15(16)22-2)20-17-18-9-10-19-17/h3-8,11H,9-10H2,1-2H3,(H2,18,19,20). The fraction of sp³-hybridized carbons (Fsp3) is 0.235. The van der Waals surface area contributed by atoms with Gasteiger partial charge in [-0.3, -0.25) is 4.99 Å². The van der Waals surface area contributed by atoms with Crippen molar-refractivity contribution in [3.63, 3.8) is 0 Å². The zero-order valence-electron chi connectivity index (χ0n) is 13.1. The minimum absolute atomic E-state index is 0.808. The number of benzene rings is 2. The molecule has 0 saturated carbocycles. The Hall–Kier alpha value is -2.34. The van der Waals surface area contributed by atoms with Crippen molar-refractivity contribution >= 4 is 23.4 Å². The van der Waals surface area contributed by atoms with E-state index in [9.17, 15) is 0 Å². The number of aliphatic imine (C=N–C) groups is 1. The van der Waals surface area contributed by atoms with Gasteiger partial charge in [-0.05, 0) is 36.4 Å². The van der Waals surface area contributed by atoms with Gasteiger partial charge in [0.05, 0.1) is 25.7 Å². The zero-order valence-corrected chi connectivity index (χ0v) is 13.9. The summed E-state index contributed by atoms with van der Waals surface area (Å²) >= 11 is 1.66. The van der Waals surface area contributed by atoms with Crippen molar-refractivity contribution in [3.8, 4) is 11.5 Å². The second kappa shape index (κ2) is 7.28. The number of hydrogen-bond donors (Lipinski definition) is 2. The predicted octanol–water partition coefficient (Wildman–Crippen LogP) is 3.23. The van der Waals surface area contributed by atoms with E-state index in [1.807, 2.05) is 42.5 Å². The highest BCUT2D eigenvalue weighted by Crippen LogP contribution is 2.37. The molecule has 5 nitrogen and oxygen atoms in total. The van der Waals surface area contributed by atoms with Crippen LogP contribution in [0.2, 0.25) is 0 Å². The number of ether oxygens (including phenoxy) is 2. The molecule has 120 valence electrons. The van der Waals surface area contributed by atoms with Gasteiger partial charge in [0, 0.05) is 23.2 Å². The van der Waals surface area contributed by atoms with Crippen LogP contribution in [0.15, 0.2) is 57.2 Å². The van der Waals surface area contributed by atoms with Gasteiger partial charge in [0.2, 0.25) is 0 Å². The fourth-order valence-electron chi connectivity index (χ4n) is 2.22. The minimum Gasteiger partial charge on any atom is -0.497 e. The Morgan fingerprint density at radius 1 is 1.09 bits per heavy atom. The van der Waals surface area contributed by atoms with Gasteiger partial charge in [-0.25, -0.2) is 0 Å². The summed E-state index contributed by atoms with van der Waals surface area (Å²) in [5, 5.41) is 6.44. The molecule has 0 spiro atoms. The maximum absolute atomic E-state index is 5.52. The molecule has 0 aliphatic carbocycles. The molecule has 0 aromatic heterocycles. The van der Waals surface area contributed by atoms with Gasteiger partial charge in [-0.15, -0.1) is 0 Å². The molecule has 0 fully saturated rings. The van der Waals surface area contributed by atoms with E-state index in [1.54, 1.807) is 26.0 Å². The first-order valence-electron chi connectivity index (χ1n) is 7.34. The van der Waals surface area contributed by atoms with E-state index in [2.05, 4.69) is 15.6 Å². The van der Waals surface area contributed by atoms with E-state index in [-0.39, 0.29) is 0 Å². The lowest BCUT2D eigenvalue weighted by Gasteiger charge is -2.12. The van der Waals surface area contributed by atoms with E-state index >= 15 is 0 Å². The molecular weight excluding hydrogens is 310 g/mol. The molecule has 3 rings (SSSR count). The van der Waals surface area contributed by atoms with E-state index in [0.29, 0.717) is 0 Å². The molecule has 0 saturated heterocycles. The van der Waals surface area contributed by atoms with Crippen molar-refractivity contribution in [1.29, 1.82) is 0 Å². The molecule has 0 radical (unpaired) electrons.